The van der Waals surface area contributed by atoms with E-state index in [0.29, 0.717) is 35.1 Å². The van der Waals surface area contributed by atoms with Crippen LogP contribution in [0.25, 0.3) is 0 Å². The molecule has 1 aromatic carbocycles. The van der Waals surface area contributed by atoms with Gasteiger partial charge in [0.2, 0.25) is 5.91 Å². The average Bonchev–Trinajstić information content (AvgIpc) is 2.59. The molecule has 0 aromatic heterocycles. The standard InChI is InChI=1S/C18H21Cl2N3O5/c1-27-6-11(5-21-26)16(25)23-18-8-17(9-18,10-18)22-15(24)7-28-12-2-3-13(19)14(20)4-12/h2-4,11H,5-10H2,1H3,(H,22,24)(H,23,25). The zero-order valence-corrected chi connectivity index (χ0v) is 16.8. The van der Waals surface area contributed by atoms with Crippen molar-refractivity contribution in [3.63, 3.8) is 0 Å². The Kier molecular flexibility index (Phi) is 6.12. The van der Waals surface area contributed by atoms with Gasteiger partial charge in [0.15, 0.2) is 6.61 Å². The smallest absolute Gasteiger partial charge is 0.258 e. The second-order valence-corrected chi connectivity index (χ2v) is 8.27. The molecule has 1 aromatic rings. The largest absolute Gasteiger partial charge is 0.484 e. The second kappa shape index (κ2) is 8.23. The first-order valence-electron chi connectivity index (χ1n) is 8.79. The third kappa shape index (κ3) is 4.39. The van der Waals surface area contributed by atoms with E-state index in [1.165, 1.54) is 7.11 Å². The Morgan fingerprint density at radius 3 is 2.46 bits per heavy atom. The van der Waals surface area contributed by atoms with Gasteiger partial charge in [0.25, 0.3) is 5.91 Å². The highest BCUT2D eigenvalue weighted by Gasteiger charge is 2.69. The van der Waals surface area contributed by atoms with Crippen molar-refractivity contribution in [2.45, 2.75) is 30.3 Å². The Morgan fingerprint density at radius 2 is 1.86 bits per heavy atom. The van der Waals surface area contributed by atoms with E-state index in [9.17, 15) is 14.5 Å². The Bertz CT molecular complexity index is 769. The lowest BCUT2D eigenvalue weighted by atomic mass is 9.44. The monoisotopic (exact) mass is 429 g/mol. The molecule has 1 unspecified atom stereocenters. The fourth-order valence-corrected chi connectivity index (χ4v) is 4.25. The lowest BCUT2D eigenvalue weighted by Gasteiger charge is -2.70. The van der Waals surface area contributed by atoms with Crippen LogP contribution in [0.15, 0.2) is 23.4 Å². The van der Waals surface area contributed by atoms with Crippen molar-refractivity contribution in [1.82, 2.24) is 10.6 Å². The molecule has 152 valence electrons. The summed E-state index contributed by atoms with van der Waals surface area (Å²) in [6, 6.07) is 4.78. The SMILES string of the molecule is COCC(CN=O)C(=O)NC12CC(NC(=O)COc3ccc(Cl)c(Cl)c3)(C1)C2. The molecular weight excluding hydrogens is 409 g/mol. The van der Waals surface area contributed by atoms with Crippen molar-refractivity contribution in [2.75, 3.05) is 26.9 Å². The van der Waals surface area contributed by atoms with Gasteiger partial charge in [-0.3, -0.25) is 9.59 Å². The number of hydrogen-bond donors (Lipinski definition) is 2. The van der Waals surface area contributed by atoms with Gasteiger partial charge in [-0.05, 0) is 31.4 Å². The van der Waals surface area contributed by atoms with Crippen molar-refractivity contribution in [1.29, 1.82) is 0 Å². The summed E-state index contributed by atoms with van der Waals surface area (Å²) in [7, 11) is 1.47. The quantitative estimate of drug-likeness (QED) is 0.555. The van der Waals surface area contributed by atoms with Gasteiger partial charge < -0.3 is 20.1 Å². The predicted molar refractivity (Wildman–Crippen MR) is 104 cm³/mol. The Hall–Kier alpha value is -1.90. The van der Waals surface area contributed by atoms with E-state index in [1.807, 2.05) is 0 Å². The maximum Gasteiger partial charge on any atom is 0.258 e. The molecule has 3 aliphatic carbocycles. The maximum atomic E-state index is 12.3. The molecule has 3 aliphatic rings. The van der Waals surface area contributed by atoms with Crippen LogP contribution in [0.2, 0.25) is 10.0 Å². The molecule has 0 spiro atoms. The summed E-state index contributed by atoms with van der Waals surface area (Å²) >= 11 is 11.8. The molecule has 28 heavy (non-hydrogen) atoms. The van der Waals surface area contributed by atoms with Crippen LogP contribution in [0.1, 0.15) is 19.3 Å². The number of rotatable bonds is 10. The van der Waals surface area contributed by atoms with Crippen molar-refractivity contribution in [3.05, 3.63) is 33.2 Å². The summed E-state index contributed by atoms with van der Waals surface area (Å²) in [4.78, 5) is 34.9. The minimum atomic E-state index is -0.596. The maximum absolute atomic E-state index is 12.3. The number of nitrogens with zero attached hydrogens (tertiary/aromatic N) is 1. The Labute approximate surface area is 172 Å². The fourth-order valence-electron chi connectivity index (χ4n) is 3.97. The lowest BCUT2D eigenvalue weighted by molar-refractivity contribution is -0.153. The molecular formula is C18H21Cl2N3O5. The van der Waals surface area contributed by atoms with Crippen LogP contribution in [0.5, 0.6) is 5.75 Å². The van der Waals surface area contributed by atoms with E-state index in [1.54, 1.807) is 18.2 Å². The minimum absolute atomic E-state index is 0.121. The number of carbonyl (C=O) groups excluding carboxylic acids is 2. The molecule has 1 atom stereocenters. The van der Waals surface area contributed by atoms with Gasteiger partial charge in [-0.15, -0.1) is 0 Å². The lowest BCUT2D eigenvalue weighted by Crippen LogP contribution is -2.84. The molecule has 8 nitrogen and oxygen atoms in total. The summed E-state index contributed by atoms with van der Waals surface area (Å²) < 4.78 is 10.4. The van der Waals surface area contributed by atoms with Crippen molar-refractivity contribution < 1.29 is 19.1 Å². The number of methoxy groups -OCH3 is 1. The van der Waals surface area contributed by atoms with Crippen molar-refractivity contribution in [2.24, 2.45) is 11.1 Å². The molecule has 0 saturated heterocycles. The van der Waals surface area contributed by atoms with Crippen molar-refractivity contribution in [3.8, 4) is 5.75 Å². The molecule has 4 rings (SSSR count). The number of amides is 2. The number of hydrogen-bond acceptors (Lipinski definition) is 6. The Morgan fingerprint density at radius 1 is 1.18 bits per heavy atom. The molecule has 2 amide bonds. The number of nitrogens with one attached hydrogen (secondary N) is 2. The highest BCUT2D eigenvalue weighted by molar-refractivity contribution is 6.42. The number of halogens is 2. The summed E-state index contributed by atoms with van der Waals surface area (Å²) in [6.07, 6.45) is 1.95. The molecule has 3 saturated carbocycles. The molecule has 0 heterocycles. The summed E-state index contributed by atoms with van der Waals surface area (Å²) in [5.74, 6) is -0.627. The van der Waals surface area contributed by atoms with E-state index in [0.717, 1.165) is 0 Å². The van der Waals surface area contributed by atoms with Crippen LogP contribution in [0.3, 0.4) is 0 Å². The van der Waals surface area contributed by atoms with Gasteiger partial charge >= 0.3 is 0 Å². The zero-order valence-electron chi connectivity index (χ0n) is 15.3. The van der Waals surface area contributed by atoms with Gasteiger partial charge in [0.1, 0.15) is 5.75 Å². The predicted octanol–water partition coefficient (Wildman–Crippen LogP) is 2.31. The van der Waals surface area contributed by atoms with Crippen LogP contribution in [0, 0.1) is 10.8 Å². The normalized spacial score (nSPS) is 25.7. The third-order valence-electron chi connectivity index (χ3n) is 5.12. The van der Waals surface area contributed by atoms with Crippen LogP contribution >= 0.6 is 23.2 Å². The molecule has 2 bridgehead atoms. The first-order chi connectivity index (χ1) is 13.3. The summed E-state index contributed by atoms with van der Waals surface area (Å²) in [5.41, 5.74) is -0.616. The Balaban J connectivity index is 1.42. The van der Waals surface area contributed by atoms with Crippen molar-refractivity contribution >= 4 is 35.0 Å². The third-order valence-corrected chi connectivity index (χ3v) is 5.86. The van der Waals surface area contributed by atoms with Gasteiger partial charge in [-0.2, -0.15) is 4.91 Å². The van der Waals surface area contributed by atoms with Crippen LogP contribution < -0.4 is 15.4 Å². The molecule has 0 aliphatic heterocycles. The minimum Gasteiger partial charge on any atom is -0.484 e. The summed E-state index contributed by atoms with van der Waals surface area (Å²) in [6.45, 7) is -0.120. The average molecular weight is 430 g/mol. The van der Waals surface area contributed by atoms with Gasteiger partial charge in [0, 0.05) is 24.3 Å². The van der Waals surface area contributed by atoms with Gasteiger partial charge in [0.05, 0.1) is 29.1 Å². The van der Waals surface area contributed by atoms with E-state index in [2.05, 4.69) is 15.8 Å². The molecule has 0 radical (unpaired) electrons. The van der Waals surface area contributed by atoms with E-state index in [-0.39, 0.29) is 42.7 Å². The fraction of sp³-hybridized carbons (Fsp3) is 0.556. The highest BCUT2D eigenvalue weighted by Crippen LogP contribution is 2.60. The number of benzene rings is 1. The van der Waals surface area contributed by atoms with Gasteiger partial charge in [-0.25, -0.2) is 0 Å². The number of carbonyl (C=O) groups is 2. The number of nitroso groups, excluding NO2 is 1. The van der Waals surface area contributed by atoms with Gasteiger partial charge in [-0.1, -0.05) is 28.4 Å². The molecule has 10 heteroatoms. The molecule has 2 N–H and O–H groups in total. The second-order valence-electron chi connectivity index (χ2n) is 7.46. The van der Waals surface area contributed by atoms with Crippen LogP contribution in [-0.4, -0.2) is 49.8 Å². The molecule has 3 fully saturated rings. The highest BCUT2D eigenvalue weighted by atomic mass is 35.5. The van der Waals surface area contributed by atoms with E-state index >= 15 is 0 Å². The van der Waals surface area contributed by atoms with E-state index in [4.69, 9.17) is 32.7 Å². The van der Waals surface area contributed by atoms with Crippen LogP contribution in [-0.2, 0) is 14.3 Å². The van der Waals surface area contributed by atoms with Crippen LogP contribution in [0.4, 0.5) is 0 Å². The topological polar surface area (TPSA) is 106 Å². The van der Waals surface area contributed by atoms with E-state index < -0.39 is 5.92 Å². The first-order valence-corrected chi connectivity index (χ1v) is 9.55. The number of ether oxygens (including phenoxy) is 2. The zero-order chi connectivity index (χ0) is 20.4. The summed E-state index contributed by atoms with van der Waals surface area (Å²) in [5, 5.41) is 9.50. The first kappa shape index (κ1) is 20.8.